The average Bonchev–Trinajstić information content (AvgIpc) is 2.49. The Bertz CT molecular complexity index is 654. The van der Waals surface area contributed by atoms with Gasteiger partial charge in [-0.3, -0.25) is 4.99 Å². The van der Waals surface area contributed by atoms with E-state index in [2.05, 4.69) is 15.3 Å². The fraction of sp³-hybridized carbons (Fsp3) is 0.294. The minimum atomic E-state index is -0.210. The van der Waals surface area contributed by atoms with E-state index in [1.165, 1.54) is 18.6 Å². The van der Waals surface area contributed by atoms with Crippen molar-refractivity contribution in [2.75, 3.05) is 11.9 Å². The molecule has 6 heteroatoms. The van der Waals surface area contributed by atoms with Gasteiger partial charge in [0.1, 0.15) is 11.6 Å². The third kappa shape index (κ3) is 4.19. The molecule has 1 fully saturated rings. The number of nitrogens with one attached hydrogen (secondary N) is 1. The Balaban J connectivity index is 0.00000192. The molecule has 0 bridgehead atoms. The van der Waals surface area contributed by atoms with Gasteiger partial charge in [0.05, 0.1) is 6.54 Å². The summed E-state index contributed by atoms with van der Waals surface area (Å²) in [6.45, 7) is 0.601. The number of rotatable bonds is 4. The van der Waals surface area contributed by atoms with Crippen molar-refractivity contribution < 1.29 is 4.39 Å². The topological polar surface area (TPSA) is 63.3 Å². The fourth-order valence-corrected chi connectivity index (χ4v) is 2.79. The van der Waals surface area contributed by atoms with Crippen molar-refractivity contribution in [3.63, 3.8) is 0 Å². The lowest BCUT2D eigenvalue weighted by atomic mass is 9.64. The Morgan fingerprint density at radius 2 is 1.96 bits per heavy atom. The standard InChI is InChI=1S/C17H19FN4.HI/c18-14-7-5-13(6-8-14)17(9-3-10-17)12-21-16(19)22-15-4-1-2-11-20-15;/h1-2,4-8,11H,3,9-10,12H2,(H3,19,20,21,22);1H. The Morgan fingerprint density at radius 1 is 1.22 bits per heavy atom. The van der Waals surface area contributed by atoms with Gasteiger partial charge >= 0.3 is 0 Å². The van der Waals surface area contributed by atoms with E-state index in [9.17, 15) is 4.39 Å². The predicted octanol–water partition coefficient (Wildman–Crippen LogP) is 3.69. The molecule has 0 radical (unpaired) electrons. The van der Waals surface area contributed by atoms with Crippen LogP contribution in [-0.4, -0.2) is 17.5 Å². The van der Waals surface area contributed by atoms with Crippen molar-refractivity contribution in [3.8, 4) is 0 Å². The maximum Gasteiger partial charge on any atom is 0.194 e. The van der Waals surface area contributed by atoms with Gasteiger partial charge in [-0.25, -0.2) is 9.37 Å². The van der Waals surface area contributed by atoms with E-state index < -0.39 is 0 Å². The van der Waals surface area contributed by atoms with Crippen LogP contribution in [0.2, 0.25) is 0 Å². The molecule has 122 valence electrons. The number of nitrogens with zero attached hydrogens (tertiary/aromatic N) is 2. The number of benzene rings is 1. The highest BCUT2D eigenvalue weighted by atomic mass is 127. The second-order valence-electron chi connectivity index (χ2n) is 5.68. The van der Waals surface area contributed by atoms with Crippen molar-refractivity contribution in [1.82, 2.24) is 4.98 Å². The average molecular weight is 426 g/mol. The van der Waals surface area contributed by atoms with Gasteiger partial charge in [0, 0.05) is 11.6 Å². The van der Waals surface area contributed by atoms with Crippen LogP contribution in [0, 0.1) is 5.82 Å². The SMILES string of the molecule is I.NC(=NCC1(c2ccc(F)cc2)CCC1)Nc1ccccn1. The molecule has 1 aromatic heterocycles. The van der Waals surface area contributed by atoms with Gasteiger partial charge in [0.15, 0.2) is 5.96 Å². The maximum atomic E-state index is 13.1. The van der Waals surface area contributed by atoms with Crippen LogP contribution >= 0.6 is 24.0 Å². The van der Waals surface area contributed by atoms with Gasteiger partial charge in [-0.15, -0.1) is 24.0 Å². The van der Waals surface area contributed by atoms with E-state index in [0.29, 0.717) is 18.3 Å². The Hall–Kier alpha value is -1.70. The molecule has 3 rings (SSSR count). The highest BCUT2D eigenvalue weighted by Crippen LogP contribution is 2.44. The van der Waals surface area contributed by atoms with Crippen LogP contribution in [0.25, 0.3) is 0 Å². The number of hydrogen-bond acceptors (Lipinski definition) is 2. The first-order valence-electron chi connectivity index (χ1n) is 7.42. The summed E-state index contributed by atoms with van der Waals surface area (Å²) < 4.78 is 13.1. The minimum Gasteiger partial charge on any atom is -0.370 e. The Morgan fingerprint density at radius 3 is 2.52 bits per heavy atom. The molecular weight excluding hydrogens is 406 g/mol. The van der Waals surface area contributed by atoms with E-state index in [0.717, 1.165) is 18.4 Å². The van der Waals surface area contributed by atoms with Crippen LogP contribution in [0.4, 0.5) is 10.2 Å². The summed E-state index contributed by atoms with van der Waals surface area (Å²) in [4.78, 5) is 8.61. The summed E-state index contributed by atoms with van der Waals surface area (Å²) in [6, 6.07) is 12.3. The van der Waals surface area contributed by atoms with Crippen LogP contribution in [0.15, 0.2) is 53.7 Å². The normalized spacial score (nSPS) is 16.1. The second-order valence-corrected chi connectivity index (χ2v) is 5.68. The second kappa shape index (κ2) is 7.72. The predicted molar refractivity (Wildman–Crippen MR) is 102 cm³/mol. The number of halogens is 2. The molecule has 1 aliphatic carbocycles. The largest absolute Gasteiger partial charge is 0.370 e. The van der Waals surface area contributed by atoms with Crippen LogP contribution in [-0.2, 0) is 5.41 Å². The molecule has 0 unspecified atom stereocenters. The van der Waals surface area contributed by atoms with E-state index in [4.69, 9.17) is 5.73 Å². The third-order valence-corrected chi connectivity index (χ3v) is 4.24. The van der Waals surface area contributed by atoms with Crippen molar-refractivity contribution in [3.05, 3.63) is 60.0 Å². The quantitative estimate of drug-likeness (QED) is 0.446. The molecule has 4 nitrogen and oxygen atoms in total. The van der Waals surface area contributed by atoms with Gasteiger partial charge in [-0.1, -0.05) is 24.6 Å². The fourth-order valence-electron chi connectivity index (χ4n) is 2.79. The summed E-state index contributed by atoms with van der Waals surface area (Å²) in [6.07, 6.45) is 4.97. The molecule has 0 spiro atoms. The summed E-state index contributed by atoms with van der Waals surface area (Å²) in [5.41, 5.74) is 7.06. The van der Waals surface area contributed by atoms with E-state index in [1.807, 2.05) is 30.3 Å². The monoisotopic (exact) mass is 426 g/mol. The summed E-state index contributed by atoms with van der Waals surface area (Å²) in [5, 5.41) is 2.98. The van der Waals surface area contributed by atoms with Crippen LogP contribution < -0.4 is 11.1 Å². The van der Waals surface area contributed by atoms with Crippen LogP contribution in [0.5, 0.6) is 0 Å². The minimum absolute atomic E-state index is 0. The molecule has 1 aliphatic rings. The van der Waals surface area contributed by atoms with Crippen molar-refractivity contribution in [1.29, 1.82) is 0 Å². The number of pyridine rings is 1. The van der Waals surface area contributed by atoms with Gasteiger partial charge in [0.2, 0.25) is 0 Å². The van der Waals surface area contributed by atoms with Crippen LogP contribution in [0.1, 0.15) is 24.8 Å². The molecule has 1 saturated carbocycles. The zero-order valence-corrected chi connectivity index (χ0v) is 15.0. The molecule has 0 amide bonds. The first kappa shape index (κ1) is 17.7. The number of hydrogen-bond donors (Lipinski definition) is 2. The summed E-state index contributed by atoms with van der Waals surface area (Å²) in [7, 11) is 0. The number of guanidine groups is 1. The molecule has 0 saturated heterocycles. The number of aromatic nitrogens is 1. The molecule has 1 aromatic carbocycles. The van der Waals surface area contributed by atoms with Crippen molar-refractivity contribution >= 4 is 35.8 Å². The molecule has 3 N–H and O–H groups in total. The maximum absolute atomic E-state index is 13.1. The first-order valence-corrected chi connectivity index (χ1v) is 7.42. The number of aliphatic imine (C=N–C) groups is 1. The van der Waals surface area contributed by atoms with E-state index in [1.54, 1.807) is 6.20 Å². The zero-order chi connectivity index (χ0) is 15.4. The Labute approximate surface area is 152 Å². The van der Waals surface area contributed by atoms with E-state index >= 15 is 0 Å². The highest BCUT2D eigenvalue weighted by molar-refractivity contribution is 14.0. The summed E-state index contributed by atoms with van der Waals surface area (Å²) in [5.74, 6) is 0.818. The first-order chi connectivity index (χ1) is 10.7. The molecule has 0 atom stereocenters. The number of nitrogens with two attached hydrogens (primary N) is 1. The summed E-state index contributed by atoms with van der Waals surface area (Å²) >= 11 is 0. The molecule has 1 heterocycles. The lowest BCUT2D eigenvalue weighted by Crippen LogP contribution is -2.38. The van der Waals surface area contributed by atoms with Gasteiger partial charge in [-0.05, 0) is 42.7 Å². The lowest BCUT2D eigenvalue weighted by Gasteiger charge is -2.41. The van der Waals surface area contributed by atoms with Gasteiger partial charge in [-0.2, -0.15) is 0 Å². The van der Waals surface area contributed by atoms with Gasteiger partial charge < -0.3 is 11.1 Å². The molecular formula is C17H20FIN4. The molecule has 0 aliphatic heterocycles. The van der Waals surface area contributed by atoms with Gasteiger partial charge in [0.25, 0.3) is 0 Å². The highest BCUT2D eigenvalue weighted by Gasteiger charge is 2.38. The molecule has 23 heavy (non-hydrogen) atoms. The zero-order valence-electron chi connectivity index (χ0n) is 12.7. The van der Waals surface area contributed by atoms with Crippen LogP contribution in [0.3, 0.4) is 0 Å². The van der Waals surface area contributed by atoms with Crippen molar-refractivity contribution in [2.45, 2.75) is 24.7 Å². The van der Waals surface area contributed by atoms with E-state index in [-0.39, 0.29) is 35.2 Å². The Kier molecular flexibility index (Phi) is 5.92. The lowest BCUT2D eigenvalue weighted by molar-refractivity contribution is 0.253. The molecule has 2 aromatic rings. The smallest absolute Gasteiger partial charge is 0.194 e. The van der Waals surface area contributed by atoms with Crippen molar-refractivity contribution in [2.24, 2.45) is 10.7 Å². The number of anilines is 1. The third-order valence-electron chi connectivity index (χ3n) is 4.24.